The zero-order chi connectivity index (χ0) is 8.32. The molecule has 0 saturated heterocycles. The third-order valence-electron chi connectivity index (χ3n) is 3.05. The van der Waals surface area contributed by atoms with Gasteiger partial charge in [0.05, 0.1) is 0 Å². The maximum Gasteiger partial charge on any atom is 0.126 e. The van der Waals surface area contributed by atoms with Crippen LogP contribution in [0.1, 0.15) is 46.0 Å². The fourth-order valence-electron chi connectivity index (χ4n) is 1.84. The predicted octanol–water partition coefficient (Wildman–Crippen LogP) is 2.79. The van der Waals surface area contributed by atoms with E-state index >= 15 is 0 Å². The topological polar surface area (TPSA) is 17.1 Å². The lowest BCUT2D eigenvalue weighted by atomic mass is 9.65. The summed E-state index contributed by atoms with van der Waals surface area (Å²) in [6, 6.07) is 0. The van der Waals surface area contributed by atoms with Crippen molar-refractivity contribution in [3.8, 4) is 0 Å². The Hall–Kier alpha value is -0.330. The average Bonchev–Trinajstić information content (AvgIpc) is 1.96. The Labute approximate surface area is 69.2 Å². The Bertz CT molecular complexity index is 136. The summed E-state index contributed by atoms with van der Waals surface area (Å²) in [7, 11) is 0. The van der Waals surface area contributed by atoms with Crippen LogP contribution in [0.15, 0.2) is 0 Å². The van der Waals surface area contributed by atoms with E-state index in [1.807, 2.05) is 0 Å². The molecule has 0 spiro atoms. The second kappa shape index (κ2) is 3.38. The zero-order valence-electron chi connectivity index (χ0n) is 7.60. The average molecular weight is 154 g/mol. The van der Waals surface area contributed by atoms with E-state index in [4.69, 9.17) is 0 Å². The molecule has 0 N–H and O–H groups in total. The summed E-state index contributed by atoms with van der Waals surface area (Å²) >= 11 is 0. The number of hydrogen-bond donors (Lipinski definition) is 0. The number of carbonyl (C=O) groups excluding carboxylic acids is 1. The first-order valence-corrected chi connectivity index (χ1v) is 4.69. The molecule has 0 amide bonds. The molecule has 11 heavy (non-hydrogen) atoms. The molecule has 1 nitrogen and oxygen atoms in total. The Balaban J connectivity index is 2.38. The quantitative estimate of drug-likeness (QED) is 0.569. The Morgan fingerprint density at radius 2 is 2.18 bits per heavy atom. The van der Waals surface area contributed by atoms with Crippen LogP contribution in [0.5, 0.6) is 0 Å². The summed E-state index contributed by atoms with van der Waals surface area (Å²) < 4.78 is 0. The molecule has 0 heterocycles. The van der Waals surface area contributed by atoms with Gasteiger partial charge >= 0.3 is 0 Å². The van der Waals surface area contributed by atoms with Crippen LogP contribution in [0.3, 0.4) is 0 Å². The molecule has 1 heteroatoms. The van der Waals surface area contributed by atoms with Gasteiger partial charge in [-0.15, -0.1) is 0 Å². The van der Waals surface area contributed by atoms with Gasteiger partial charge in [0, 0.05) is 5.41 Å². The normalized spacial score (nSPS) is 23.8. The van der Waals surface area contributed by atoms with Gasteiger partial charge in [-0.25, -0.2) is 0 Å². The zero-order valence-corrected chi connectivity index (χ0v) is 7.60. The van der Waals surface area contributed by atoms with E-state index in [1.165, 1.54) is 19.1 Å². The molecular weight excluding hydrogens is 136 g/mol. The van der Waals surface area contributed by atoms with Gasteiger partial charge in [0.25, 0.3) is 0 Å². The lowest BCUT2D eigenvalue weighted by Crippen LogP contribution is -2.32. The van der Waals surface area contributed by atoms with Gasteiger partial charge in [-0.2, -0.15) is 0 Å². The minimum absolute atomic E-state index is 0.107. The number of carbonyl (C=O) groups is 1. The van der Waals surface area contributed by atoms with Crippen molar-refractivity contribution in [2.45, 2.75) is 46.0 Å². The SMILES string of the molecule is CCC(C)CC1(C=O)CCC1. The first kappa shape index (κ1) is 8.76. The summed E-state index contributed by atoms with van der Waals surface area (Å²) in [5.74, 6) is 0.723. The molecule has 1 unspecified atom stereocenters. The van der Waals surface area contributed by atoms with Crippen LogP contribution in [0.2, 0.25) is 0 Å². The van der Waals surface area contributed by atoms with Crippen molar-refractivity contribution in [3.63, 3.8) is 0 Å². The lowest BCUT2D eigenvalue weighted by molar-refractivity contribution is -0.121. The first-order chi connectivity index (χ1) is 5.22. The largest absolute Gasteiger partial charge is 0.303 e. The molecule has 0 aromatic rings. The van der Waals surface area contributed by atoms with Gasteiger partial charge in [0.15, 0.2) is 0 Å². The molecular formula is C10H18O. The Morgan fingerprint density at radius 1 is 1.55 bits per heavy atom. The van der Waals surface area contributed by atoms with Crippen molar-refractivity contribution in [3.05, 3.63) is 0 Å². The van der Waals surface area contributed by atoms with Crippen LogP contribution in [-0.2, 0) is 4.79 Å². The van der Waals surface area contributed by atoms with Gasteiger partial charge in [-0.05, 0) is 25.2 Å². The number of rotatable bonds is 4. The number of hydrogen-bond acceptors (Lipinski definition) is 1. The molecule has 1 atom stereocenters. The summed E-state index contributed by atoms with van der Waals surface area (Å²) in [5.41, 5.74) is 0.107. The Morgan fingerprint density at radius 3 is 2.45 bits per heavy atom. The highest BCUT2D eigenvalue weighted by molar-refractivity contribution is 5.60. The Kier molecular flexibility index (Phi) is 2.69. The minimum atomic E-state index is 0.107. The summed E-state index contributed by atoms with van der Waals surface area (Å²) in [6.07, 6.45) is 7.06. The summed E-state index contributed by atoms with van der Waals surface area (Å²) in [6.45, 7) is 4.44. The minimum Gasteiger partial charge on any atom is -0.303 e. The van der Waals surface area contributed by atoms with Crippen LogP contribution >= 0.6 is 0 Å². The highest BCUT2D eigenvalue weighted by Gasteiger charge is 2.37. The standard InChI is InChI=1S/C10H18O/c1-3-9(2)7-10(8-11)5-4-6-10/h8-9H,3-7H2,1-2H3. The van der Waals surface area contributed by atoms with Crippen molar-refractivity contribution in [2.75, 3.05) is 0 Å². The molecule has 0 radical (unpaired) electrons. The molecule has 0 aliphatic heterocycles. The summed E-state index contributed by atoms with van der Waals surface area (Å²) in [4.78, 5) is 10.8. The van der Waals surface area contributed by atoms with Crippen molar-refractivity contribution < 1.29 is 4.79 Å². The van der Waals surface area contributed by atoms with Gasteiger partial charge < -0.3 is 4.79 Å². The number of aldehydes is 1. The van der Waals surface area contributed by atoms with E-state index in [9.17, 15) is 4.79 Å². The van der Waals surface area contributed by atoms with Crippen molar-refractivity contribution >= 4 is 6.29 Å². The predicted molar refractivity (Wildman–Crippen MR) is 46.4 cm³/mol. The lowest BCUT2D eigenvalue weighted by Gasteiger charge is -2.38. The fourth-order valence-corrected chi connectivity index (χ4v) is 1.84. The molecule has 0 aromatic heterocycles. The van der Waals surface area contributed by atoms with Gasteiger partial charge in [-0.1, -0.05) is 26.7 Å². The fraction of sp³-hybridized carbons (Fsp3) is 0.900. The van der Waals surface area contributed by atoms with Gasteiger partial charge in [0.1, 0.15) is 6.29 Å². The van der Waals surface area contributed by atoms with E-state index in [1.54, 1.807) is 0 Å². The van der Waals surface area contributed by atoms with Crippen molar-refractivity contribution in [1.29, 1.82) is 0 Å². The molecule has 0 bridgehead atoms. The van der Waals surface area contributed by atoms with E-state index < -0.39 is 0 Å². The molecule has 0 aromatic carbocycles. The third-order valence-corrected chi connectivity index (χ3v) is 3.05. The highest BCUT2D eigenvalue weighted by Crippen LogP contribution is 2.44. The maximum atomic E-state index is 10.8. The van der Waals surface area contributed by atoms with E-state index in [0.29, 0.717) is 0 Å². The van der Waals surface area contributed by atoms with Crippen molar-refractivity contribution in [2.24, 2.45) is 11.3 Å². The molecule has 1 saturated carbocycles. The van der Waals surface area contributed by atoms with Crippen LogP contribution in [0, 0.1) is 11.3 Å². The maximum absolute atomic E-state index is 10.8. The second-order valence-corrected chi connectivity index (χ2v) is 4.05. The molecule has 1 aliphatic rings. The van der Waals surface area contributed by atoms with Crippen LogP contribution < -0.4 is 0 Å². The second-order valence-electron chi connectivity index (χ2n) is 4.05. The monoisotopic (exact) mass is 154 g/mol. The summed E-state index contributed by atoms with van der Waals surface area (Å²) in [5, 5.41) is 0. The highest BCUT2D eigenvalue weighted by atomic mass is 16.1. The van der Waals surface area contributed by atoms with Crippen LogP contribution in [-0.4, -0.2) is 6.29 Å². The van der Waals surface area contributed by atoms with E-state index in [2.05, 4.69) is 13.8 Å². The first-order valence-electron chi connectivity index (χ1n) is 4.69. The molecule has 1 rings (SSSR count). The molecule has 64 valence electrons. The third kappa shape index (κ3) is 1.82. The smallest absolute Gasteiger partial charge is 0.126 e. The molecule has 1 aliphatic carbocycles. The van der Waals surface area contributed by atoms with Crippen LogP contribution in [0.4, 0.5) is 0 Å². The van der Waals surface area contributed by atoms with Crippen LogP contribution in [0.25, 0.3) is 0 Å². The van der Waals surface area contributed by atoms with E-state index in [-0.39, 0.29) is 5.41 Å². The van der Waals surface area contributed by atoms with Gasteiger partial charge in [-0.3, -0.25) is 0 Å². The van der Waals surface area contributed by atoms with E-state index in [0.717, 1.165) is 25.2 Å². The molecule has 1 fully saturated rings. The van der Waals surface area contributed by atoms with Gasteiger partial charge in [0.2, 0.25) is 0 Å². The van der Waals surface area contributed by atoms with Crippen molar-refractivity contribution in [1.82, 2.24) is 0 Å².